The Morgan fingerprint density at radius 3 is 2.52 bits per heavy atom. The minimum atomic E-state index is -1.36. The molecule has 0 aromatic carbocycles. The number of nitrogens with zero attached hydrogens (tertiary/aromatic N) is 1. The van der Waals surface area contributed by atoms with Crippen LogP contribution in [0, 0.1) is 5.92 Å². The van der Waals surface area contributed by atoms with Crippen molar-refractivity contribution in [1.29, 1.82) is 0 Å². The van der Waals surface area contributed by atoms with Crippen molar-refractivity contribution in [3.8, 4) is 0 Å². The highest BCUT2D eigenvalue weighted by Gasteiger charge is 2.23. The number of hydrogen-bond donors (Lipinski definition) is 3. The molecule has 1 aromatic rings. The molecule has 0 fully saturated rings. The summed E-state index contributed by atoms with van der Waals surface area (Å²) >= 11 is 0. The molecule has 0 bridgehead atoms. The maximum absolute atomic E-state index is 11.7. The minimum Gasteiger partial charge on any atom is -0.480 e. The van der Waals surface area contributed by atoms with E-state index < -0.39 is 29.4 Å². The van der Waals surface area contributed by atoms with E-state index in [9.17, 15) is 19.2 Å². The van der Waals surface area contributed by atoms with E-state index in [0.29, 0.717) is 12.3 Å². The van der Waals surface area contributed by atoms with Gasteiger partial charge in [0.15, 0.2) is 0 Å². The first-order valence-electron chi connectivity index (χ1n) is 7.18. The Balaban J connectivity index is 2.72. The van der Waals surface area contributed by atoms with Crippen LogP contribution in [0.5, 0.6) is 0 Å². The van der Waals surface area contributed by atoms with Gasteiger partial charge in [-0.1, -0.05) is 13.8 Å². The van der Waals surface area contributed by atoms with Gasteiger partial charge in [0, 0.05) is 12.3 Å². The molecule has 1 rings (SSSR count). The molecule has 1 heterocycles. The zero-order valence-corrected chi connectivity index (χ0v) is 13.2. The number of hydrogen-bond acceptors (Lipinski definition) is 5. The van der Waals surface area contributed by atoms with Crippen LogP contribution in [0.2, 0.25) is 0 Å². The molecule has 2 atom stereocenters. The fourth-order valence-electron chi connectivity index (χ4n) is 2.04. The lowest BCUT2D eigenvalue weighted by Gasteiger charge is -2.19. The number of carboxylic acid groups (broad SMARTS) is 1. The fourth-order valence-corrected chi connectivity index (χ4v) is 2.04. The molecule has 9 nitrogen and oxygen atoms in total. The van der Waals surface area contributed by atoms with E-state index in [0.717, 1.165) is 16.8 Å². The molecule has 1 amide bonds. The molecule has 1 aromatic heterocycles. The molecule has 9 heteroatoms. The summed E-state index contributed by atoms with van der Waals surface area (Å²) < 4.78 is 6.05. The Morgan fingerprint density at radius 1 is 1.35 bits per heavy atom. The first kappa shape index (κ1) is 18.5. The number of rotatable bonds is 7. The quantitative estimate of drug-likeness (QED) is 0.653. The maximum Gasteiger partial charge on any atom is 0.408 e. The Morgan fingerprint density at radius 2 is 2.00 bits per heavy atom. The standard InChI is InChI=1S/C14H21N3O6/c1-8(2)6-9(3)23-14(22)15-10(12(19)20)7-17-5-4-11(18)16-13(17)21/h4-5,8-10H,6-7H2,1-3H3,(H,15,22)(H,19,20)(H,16,18,21). The van der Waals surface area contributed by atoms with E-state index in [4.69, 9.17) is 9.84 Å². The maximum atomic E-state index is 11.7. The summed E-state index contributed by atoms with van der Waals surface area (Å²) in [5.41, 5.74) is -1.35. The average Bonchev–Trinajstić information content (AvgIpc) is 2.39. The molecular formula is C14H21N3O6. The van der Waals surface area contributed by atoms with E-state index in [2.05, 4.69) is 5.32 Å². The van der Waals surface area contributed by atoms with Crippen molar-refractivity contribution in [2.75, 3.05) is 0 Å². The van der Waals surface area contributed by atoms with Gasteiger partial charge < -0.3 is 15.2 Å². The van der Waals surface area contributed by atoms with Gasteiger partial charge in [-0.25, -0.2) is 14.4 Å². The summed E-state index contributed by atoms with van der Waals surface area (Å²) in [7, 11) is 0. The summed E-state index contributed by atoms with van der Waals surface area (Å²) in [5.74, 6) is -0.996. The number of carboxylic acids is 1. The minimum absolute atomic E-state index is 0.327. The summed E-state index contributed by atoms with van der Waals surface area (Å²) in [6.45, 7) is 5.32. The summed E-state index contributed by atoms with van der Waals surface area (Å²) in [6.07, 6.45) is 0.569. The van der Waals surface area contributed by atoms with Crippen LogP contribution in [0.15, 0.2) is 21.9 Å². The van der Waals surface area contributed by atoms with Crippen LogP contribution < -0.4 is 16.6 Å². The van der Waals surface area contributed by atoms with Crippen LogP contribution in [0.1, 0.15) is 27.2 Å². The van der Waals surface area contributed by atoms with Crippen molar-refractivity contribution in [1.82, 2.24) is 14.9 Å². The molecule has 0 radical (unpaired) electrons. The van der Waals surface area contributed by atoms with Crippen molar-refractivity contribution in [3.05, 3.63) is 33.1 Å². The summed E-state index contributed by atoms with van der Waals surface area (Å²) in [5, 5.41) is 11.3. The smallest absolute Gasteiger partial charge is 0.408 e. The number of aliphatic carboxylic acids is 1. The van der Waals surface area contributed by atoms with Gasteiger partial charge in [-0.3, -0.25) is 14.3 Å². The summed E-state index contributed by atoms with van der Waals surface area (Å²) in [4.78, 5) is 47.5. The van der Waals surface area contributed by atoms with Gasteiger partial charge in [0.25, 0.3) is 5.56 Å². The second-order valence-corrected chi connectivity index (χ2v) is 5.64. The number of alkyl carbamates (subject to hydrolysis) is 1. The van der Waals surface area contributed by atoms with E-state index in [1.807, 2.05) is 18.8 Å². The van der Waals surface area contributed by atoms with Crippen LogP contribution in [-0.4, -0.2) is 38.9 Å². The normalized spacial score (nSPS) is 13.4. The van der Waals surface area contributed by atoms with Crippen LogP contribution in [-0.2, 0) is 16.1 Å². The van der Waals surface area contributed by atoms with Gasteiger partial charge in [-0.2, -0.15) is 0 Å². The second-order valence-electron chi connectivity index (χ2n) is 5.64. The summed E-state index contributed by atoms with van der Waals surface area (Å²) in [6, 6.07) is -0.277. The third-order valence-electron chi connectivity index (χ3n) is 2.98. The number of H-pyrrole nitrogens is 1. The van der Waals surface area contributed by atoms with Crippen molar-refractivity contribution in [2.24, 2.45) is 5.92 Å². The largest absolute Gasteiger partial charge is 0.480 e. The highest BCUT2D eigenvalue weighted by molar-refractivity contribution is 5.79. The third kappa shape index (κ3) is 6.37. The highest BCUT2D eigenvalue weighted by Crippen LogP contribution is 2.07. The lowest BCUT2D eigenvalue weighted by Crippen LogP contribution is -2.46. The Kier molecular flexibility index (Phi) is 6.55. The molecule has 23 heavy (non-hydrogen) atoms. The Hall–Kier alpha value is -2.58. The number of carbonyl (C=O) groups excluding carboxylic acids is 1. The molecule has 2 unspecified atom stereocenters. The predicted molar refractivity (Wildman–Crippen MR) is 81.3 cm³/mol. The molecule has 0 saturated carbocycles. The SMILES string of the molecule is CC(C)CC(C)OC(=O)NC(Cn1ccc(=O)[nH]c1=O)C(=O)O. The first-order valence-corrected chi connectivity index (χ1v) is 7.18. The Labute approximate surface area is 132 Å². The van der Waals surface area contributed by atoms with E-state index in [1.165, 1.54) is 0 Å². The van der Waals surface area contributed by atoms with Crippen molar-refractivity contribution >= 4 is 12.1 Å². The van der Waals surface area contributed by atoms with Crippen LogP contribution in [0.25, 0.3) is 0 Å². The Bertz CT molecular complexity index is 663. The topological polar surface area (TPSA) is 130 Å². The van der Waals surface area contributed by atoms with Crippen LogP contribution in [0.3, 0.4) is 0 Å². The fraction of sp³-hybridized carbons (Fsp3) is 0.571. The number of aromatic nitrogens is 2. The molecular weight excluding hydrogens is 306 g/mol. The zero-order chi connectivity index (χ0) is 17.6. The van der Waals surface area contributed by atoms with E-state index in [1.54, 1.807) is 6.92 Å². The predicted octanol–water partition coefficient (Wildman–Crippen LogP) is 0.151. The van der Waals surface area contributed by atoms with Gasteiger partial charge in [0.05, 0.1) is 6.54 Å². The molecule has 3 N–H and O–H groups in total. The van der Waals surface area contributed by atoms with Gasteiger partial charge >= 0.3 is 17.8 Å². The molecule has 0 aliphatic carbocycles. The number of carbonyl (C=O) groups is 2. The van der Waals surface area contributed by atoms with Crippen LogP contribution >= 0.6 is 0 Å². The van der Waals surface area contributed by atoms with Crippen LogP contribution in [0.4, 0.5) is 4.79 Å². The van der Waals surface area contributed by atoms with E-state index in [-0.39, 0.29) is 12.6 Å². The zero-order valence-electron chi connectivity index (χ0n) is 13.2. The van der Waals surface area contributed by atoms with Gasteiger partial charge in [0.2, 0.25) is 0 Å². The lowest BCUT2D eigenvalue weighted by molar-refractivity contribution is -0.139. The molecule has 0 aliphatic rings. The molecule has 0 aliphatic heterocycles. The first-order chi connectivity index (χ1) is 10.7. The van der Waals surface area contributed by atoms with Gasteiger partial charge in [0.1, 0.15) is 12.1 Å². The molecule has 0 spiro atoms. The number of amides is 1. The second kappa shape index (κ2) is 8.16. The van der Waals surface area contributed by atoms with E-state index >= 15 is 0 Å². The molecule has 128 valence electrons. The number of nitrogens with one attached hydrogen (secondary N) is 2. The number of ether oxygens (including phenoxy) is 1. The van der Waals surface area contributed by atoms with Crippen molar-refractivity contribution in [3.63, 3.8) is 0 Å². The number of aromatic amines is 1. The third-order valence-corrected chi connectivity index (χ3v) is 2.98. The van der Waals surface area contributed by atoms with Gasteiger partial charge in [-0.15, -0.1) is 0 Å². The van der Waals surface area contributed by atoms with Gasteiger partial charge in [-0.05, 0) is 19.3 Å². The van der Waals surface area contributed by atoms with Crippen molar-refractivity contribution in [2.45, 2.75) is 45.9 Å². The highest BCUT2D eigenvalue weighted by atomic mass is 16.6. The van der Waals surface area contributed by atoms with Crippen molar-refractivity contribution < 1.29 is 19.4 Å². The monoisotopic (exact) mass is 327 g/mol. The molecule has 0 saturated heterocycles. The average molecular weight is 327 g/mol. The lowest BCUT2D eigenvalue weighted by atomic mass is 10.1.